The van der Waals surface area contributed by atoms with Crippen molar-refractivity contribution in [2.75, 3.05) is 0 Å². The predicted octanol–water partition coefficient (Wildman–Crippen LogP) is 1.55. The van der Waals surface area contributed by atoms with Gasteiger partial charge in [0.25, 0.3) is 0 Å². The Morgan fingerprint density at radius 3 is 2.77 bits per heavy atom. The van der Waals surface area contributed by atoms with Crippen molar-refractivity contribution in [3.8, 4) is 0 Å². The molecule has 1 aromatic rings. The van der Waals surface area contributed by atoms with Crippen LogP contribution in [0.3, 0.4) is 0 Å². The maximum atomic E-state index is 10.6. The number of hydrogen-bond acceptors (Lipinski definition) is 2. The SMILES string of the molecule is CCCn1cc(C(=O)O)nc1CC. The molecule has 1 aromatic heterocycles. The van der Waals surface area contributed by atoms with E-state index in [2.05, 4.69) is 11.9 Å². The lowest BCUT2D eigenvalue weighted by atomic mass is 10.4. The van der Waals surface area contributed by atoms with E-state index < -0.39 is 5.97 Å². The standard InChI is InChI=1S/C9H14N2O2/c1-3-5-11-6-7(9(12)13)10-8(11)4-2/h6H,3-5H2,1-2H3,(H,12,13). The van der Waals surface area contributed by atoms with Gasteiger partial charge < -0.3 is 9.67 Å². The van der Waals surface area contributed by atoms with E-state index in [1.807, 2.05) is 11.5 Å². The molecule has 0 spiro atoms. The number of carboxylic acids is 1. The summed E-state index contributed by atoms with van der Waals surface area (Å²) in [7, 11) is 0. The molecule has 1 N–H and O–H groups in total. The van der Waals surface area contributed by atoms with E-state index in [1.165, 1.54) is 0 Å². The molecule has 4 nitrogen and oxygen atoms in total. The Balaban J connectivity index is 2.96. The van der Waals surface area contributed by atoms with Crippen LogP contribution in [0.5, 0.6) is 0 Å². The highest BCUT2D eigenvalue weighted by molar-refractivity contribution is 5.85. The Morgan fingerprint density at radius 2 is 2.31 bits per heavy atom. The molecule has 0 bridgehead atoms. The van der Waals surface area contributed by atoms with Crippen molar-refractivity contribution in [1.82, 2.24) is 9.55 Å². The van der Waals surface area contributed by atoms with Crippen LogP contribution < -0.4 is 0 Å². The first-order valence-corrected chi connectivity index (χ1v) is 4.48. The molecule has 0 aliphatic carbocycles. The van der Waals surface area contributed by atoms with Gasteiger partial charge in [0.15, 0.2) is 5.69 Å². The van der Waals surface area contributed by atoms with Gasteiger partial charge in [0, 0.05) is 19.2 Å². The van der Waals surface area contributed by atoms with E-state index in [0.29, 0.717) is 0 Å². The number of carboxylic acid groups (broad SMARTS) is 1. The third-order valence-corrected chi connectivity index (χ3v) is 1.86. The molecule has 1 rings (SSSR count). The molecule has 0 saturated carbocycles. The third kappa shape index (κ3) is 2.08. The summed E-state index contributed by atoms with van der Waals surface area (Å²) in [5.74, 6) is -0.108. The lowest BCUT2D eigenvalue weighted by Crippen LogP contribution is -2.00. The molecule has 0 aliphatic rings. The molecule has 72 valence electrons. The van der Waals surface area contributed by atoms with Crippen molar-refractivity contribution in [3.05, 3.63) is 17.7 Å². The predicted molar refractivity (Wildman–Crippen MR) is 48.9 cm³/mol. The van der Waals surface area contributed by atoms with Gasteiger partial charge in [-0.25, -0.2) is 9.78 Å². The highest BCUT2D eigenvalue weighted by Gasteiger charge is 2.10. The summed E-state index contributed by atoms with van der Waals surface area (Å²) in [5, 5.41) is 8.71. The fourth-order valence-electron chi connectivity index (χ4n) is 1.27. The molecule has 0 unspecified atom stereocenters. The van der Waals surface area contributed by atoms with Crippen LogP contribution in [0.2, 0.25) is 0 Å². The molecule has 0 fully saturated rings. The zero-order valence-corrected chi connectivity index (χ0v) is 7.95. The van der Waals surface area contributed by atoms with E-state index in [0.717, 1.165) is 25.2 Å². The summed E-state index contributed by atoms with van der Waals surface area (Å²) in [6, 6.07) is 0. The van der Waals surface area contributed by atoms with Crippen LogP contribution in [0.4, 0.5) is 0 Å². The second kappa shape index (κ2) is 4.07. The highest BCUT2D eigenvalue weighted by Crippen LogP contribution is 2.05. The van der Waals surface area contributed by atoms with Gasteiger partial charge >= 0.3 is 5.97 Å². The maximum Gasteiger partial charge on any atom is 0.356 e. The van der Waals surface area contributed by atoms with E-state index >= 15 is 0 Å². The Hall–Kier alpha value is -1.32. The number of aryl methyl sites for hydroxylation is 2. The Kier molecular flexibility index (Phi) is 3.06. The molecule has 0 aromatic carbocycles. The fraction of sp³-hybridized carbons (Fsp3) is 0.556. The Labute approximate surface area is 77.2 Å². The molecule has 4 heteroatoms. The average molecular weight is 182 g/mol. The van der Waals surface area contributed by atoms with Crippen LogP contribution in [0.25, 0.3) is 0 Å². The van der Waals surface area contributed by atoms with Crippen molar-refractivity contribution in [3.63, 3.8) is 0 Å². The van der Waals surface area contributed by atoms with Gasteiger partial charge in [0.1, 0.15) is 5.82 Å². The molecule has 0 radical (unpaired) electrons. The van der Waals surface area contributed by atoms with Crippen LogP contribution in [-0.2, 0) is 13.0 Å². The van der Waals surface area contributed by atoms with E-state index in [9.17, 15) is 4.79 Å². The van der Waals surface area contributed by atoms with Gasteiger partial charge in [-0.3, -0.25) is 0 Å². The Morgan fingerprint density at radius 1 is 1.62 bits per heavy atom. The van der Waals surface area contributed by atoms with E-state index in [1.54, 1.807) is 6.20 Å². The van der Waals surface area contributed by atoms with E-state index in [4.69, 9.17) is 5.11 Å². The molecule has 13 heavy (non-hydrogen) atoms. The molecule has 1 heterocycles. The van der Waals surface area contributed by atoms with Crippen LogP contribution in [0.15, 0.2) is 6.20 Å². The zero-order valence-electron chi connectivity index (χ0n) is 7.95. The zero-order chi connectivity index (χ0) is 9.84. The summed E-state index contributed by atoms with van der Waals surface area (Å²) in [5.41, 5.74) is 0.144. The average Bonchev–Trinajstić information content (AvgIpc) is 2.48. The lowest BCUT2D eigenvalue weighted by Gasteiger charge is -2.01. The first kappa shape index (κ1) is 9.77. The van der Waals surface area contributed by atoms with Crippen LogP contribution in [-0.4, -0.2) is 20.6 Å². The van der Waals surface area contributed by atoms with Crippen LogP contribution >= 0.6 is 0 Å². The van der Waals surface area contributed by atoms with Crippen LogP contribution in [0.1, 0.15) is 36.6 Å². The second-order valence-electron chi connectivity index (χ2n) is 2.89. The first-order valence-electron chi connectivity index (χ1n) is 4.48. The summed E-state index contributed by atoms with van der Waals surface area (Å²) in [6.07, 6.45) is 3.36. The monoisotopic (exact) mass is 182 g/mol. The number of aromatic nitrogens is 2. The van der Waals surface area contributed by atoms with Gasteiger partial charge in [-0.15, -0.1) is 0 Å². The third-order valence-electron chi connectivity index (χ3n) is 1.86. The molecule has 0 aliphatic heterocycles. The molecular formula is C9H14N2O2. The van der Waals surface area contributed by atoms with Crippen LogP contribution in [0, 0.1) is 0 Å². The quantitative estimate of drug-likeness (QED) is 0.768. The van der Waals surface area contributed by atoms with E-state index in [-0.39, 0.29) is 5.69 Å². The van der Waals surface area contributed by atoms with Gasteiger partial charge in [-0.2, -0.15) is 0 Å². The number of aromatic carboxylic acids is 1. The van der Waals surface area contributed by atoms with Gasteiger partial charge in [-0.05, 0) is 6.42 Å². The number of imidazole rings is 1. The van der Waals surface area contributed by atoms with Crippen molar-refractivity contribution in [2.24, 2.45) is 0 Å². The minimum atomic E-state index is -0.954. The molecule has 0 saturated heterocycles. The van der Waals surface area contributed by atoms with Crippen molar-refractivity contribution in [2.45, 2.75) is 33.2 Å². The number of rotatable bonds is 4. The van der Waals surface area contributed by atoms with Gasteiger partial charge in [0.05, 0.1) is 0 Å². The summed E-state index contributed by atoms with van der Waals surface area (Å²) in [4.78, 5) is 14.6. The number of carbonyl (C=O) groups is 1. The summed E-state index contributed by atoms with van der Waals surface area (Å²) < 4.78 is 1.91. The first-order chi connectivity index (χ1) is 6.19. The maximum absolute atomic E-state index is 10.6. The smallest absolute Gasteiger partial charge is 0.356 e. The minimum absolute atomic E-state index is 0.144. The number of hydrogen-bond donors (Lipinski definition) is 1. The van der Waals surface area contributed by atoms with Crippen molar-refractivity contribution >= 4 is 5.97 Å². The molecule has 0 amide bonds. The number of nitrogens with zero attached hydrogens (tertiary/aromatic N) is 2. The normalized spacial score (nSPS) is 10.3. The minimum Gasteiger partial charge on any atom is -0.476 e. The highest BCUT2D eigenvalue weighted by atomic mass is 16.4. The largest absolute Gasteiger partial charge is 0.476 e. The second-order valence-corrected chi connectivity index (χ2v) is 2.89. The summed E-state index contributed by atoms with van der Waals surface area (Å²) >= 11 is 0. The van der Waals surface area contributed by atoms with Gasteiger partial charge in [-0.1, -0.05) is 13.8 Å². The van der Waals surface area contributed by atoms with Gasteiger partial charge in [0.2, 0.25) is 0 Å². The Bertz CT molecular complexity index is 305. The lowest BCUT2D eigenvalue weighted by molar-refractivity contribution is 0.0691. The molecular weight excluding hydrogens is 168 g/mol. The topological polar surface area (TPSA) is 55.1 Å². The van der Waals surface area contributed by atoms with Crippen molar-refractivity contribution in [1.29, 1.82) is 0 Å². The summed E-state index contributed by atoms with van der Waals surface area (Å²) in [6.45, 7) is 4.86. The fourth-order valence-corrected chi connectivity index (χ4v) is 1.27. The molecule has 0 atom stereocenters. The van der Waals surface area contributed by atoms with Crippen molar-refractivity contribution < 1.29 is 9.90 Å².